The van der Waals surface area contributed by atoms with Crippen molar-refractivity contribution >= 4 is 41.2 Å². The van der Waals surface area contributed by atoms with Crippen molar-refractivity contribution in [3.05, 3.63) is 74.4 Å². The number of hydrogen-bond acceptors (Lipinski definition) is 7. The van der Waals surface area contributed by atoms with Gasteiger partial charge in [-0.2, -0.15) is 0 Å². The van der Waals surface area contributed by atoms with E-state index >= 15 is 0 Å². The summed E-state index contributed by atoms with van der Waals surface area (Å²) in [6, 6.07) is 10.5. The molecular weight excluding hydrogens is 388 g/mol. The van der Waals surface area contributed by atoms with E-state index in [0.717, 1.165) is 0 Å². The van der Waals surface area contributed by atoms with Crippen LogP contribution in [0.1, 0.15) is 24.5 Å². The van der Waals surface area contributed by atoms with Gasteiger partial charge in [0.1, 0.15) is 10.8 Å². The van der Waals surface area contributed by atoms with E-state index in [-0.39, 0.29) is 40.3 Å². The minimum Gasteiger partial charge on any atom is -0.427 e. The number of nitrogens with zero attached hydrogens (tertiary/aromatic N) is 2. The Labute approximate surface area is 164 Å². The number of benzene rings is 2. The first-order valence-electron chi connectivity index (χ1n) is 8.15. The Morgan fingerprint density at radius 1 is 1.29 bits per heavy atom. The van der Waals surface area contributed by atoms with Gasteiger partial charge in [0.2, 0.25) is 5.90 Å². The molecule has 1 aliphatic heterocycles. The van der Waals surface area contributed by atoms with Crippen molar-refractivity contribution in [2.45, 2.75) is 13.3 Å². The molecule has 2 aromatic rings. The van der Waals surface area contributed by atoms with Gasteiger partial charge in [-0.25, -0.2) is 9.79 Å². The standard InChI is InChI=1S/C19H13ClN2O6/c1-2-17(23)27-13-6-3-11(4-7-13)9-15-19(24)28-18(21-15)12-5-8-14(20)16(10-12)22(25)26/h3-10H,2H2,1H3/b15-9-. The fourth-order valence-electron chi connectivity index (χ4n) is 2.31. The second-order valence-corrected chi connectivity index (χ2v) is 6.06. The predicted molar refractivity (Wildman–Crippen MR) is 101 cm³/mol. The molecule has 2 aromatic carbocycles. The normalized spacial score (nSPS) is 14.6. The summed E-state index contributed by atoms with van der Waals surface area (Å²) in [6.45, 7) is 1.69. The van der Waals surface area contributed by atoms with Crippen LogP contribution in [0.25, 0.3) is 6.08 Å². The van der Waals surface area contributed by atoms with Gasteiger partial charge in [-0.15, -0.1) is 0 Å². The van der Waals surface area contributed by atoms with Crippen molar-refractivity contribution < 1.29 is 24.0 Å². The number of esters is 2. The van der Waals surface area contributed by atoms with Crippen LogP contribution < -0.4 is 4.74 Å². The summed E-state index contributed by atoms with van der Waals surface area (Å²) in [7, 11) is 0. The summed E-state index contributed by atoms with van der Waals surface area (Å²) in [4.78, 5) is 37.8. The lowest BCUT2D eigenvalue weighted by molar-refractivity contribution is -0.384. The molecule has 0 atom stereocenters. The quantitative estimate of drug-likeness (QED) is 0.247. The molecule has 1 aliphatic rings. The Morgan fingerprint density at radius 2 is 2.00 bits per heavy atom. The van der Waals surface area contributed by atoms with Crippen LogP contribution in [-0.4, -0.2) is 22.8 Å². The van der Waals surface area contributed by atoms with E-state index in [1.807, 2.05) is 0 Å². The first kappa shape index (κ1) is 19.2. The van der Waals surface area contributed by atoms with Crippen molar-refractivity contribution in [3.8, 4) is 5.75 Å². The lowest BCUT2D eigenvalue weighted by Gasteiger charge is -2.02. The second-order valence-electron chi connectivity index (χ2n) is 5.66. The maximum atomic E-state index is 12.1. The van der Waals surface area contributed by atoms with Gasteiger partial charge in [-0.1, -0.05) is 30.7 Å². The van der Waals surface area contributed by atoms with Gasteiger partial charge < -0.3 is 9.47 Å². The van der Waals surface area contributed by atoms with Gasteiger partial charge in [0, 0.05) is 18.1 Å². The predicted octanol–water partition coefficient (Wildman–Crippen LogP) is 3.91. The number of aliphatic imine (C=N–C) groups is 1. The molecule has 0 radical (unpaired) electrons. The van der Waals surface area contributed by atoms with Crippen LogP contribution in [0.3, 0.4) is 0 Å². The molecule has 0 bridgehead atoms. The van der Waals surface area contributed by atoms with Crippen LogP contribution in [0.5, 0.6) is 5.75 Å². The lowest BCUT2D eigenvalue weighted by Crippen LogP contribution is -2.06. The van der Waals surface area contributed by atoms with E-state index in [4.69, 9.17) is 21.1 Å². The molecule has 0 saturated heterocycles. The molecular formula is C19H13ClN2O6. The molecule has 0 N–H and O–H groups in total. The molecule has 0 saturated carbocycles. The van der Waals surface area contributed by atoms with Crippen molar-refractivity contribution in [2.24, 2.45) is 4.99 Å². The van der Waals surface area contributed by atoms with Crippen molar-refractivity contribution in [2.75, 3.05) is 0 Å². The fourth-order valence-corrected chi connectivity index (χ4v) is 2.50. The Balaban J connectivity index is 1.84. The number of cyclic esters (lactones) is 1. The Hall–Kier alpha value is -3.52. The Bertz CT molecular complexity index is 1030. The van der Waals surface area contributed by atoms with E-state index < -0.39 is 10.9 Å². The van der Waals surface area contributed by atoms with Gasteiger partial charge in [0.25, 0.3) is 5.69 Å². The molecule has 9 heteroatoms. The third-order valence-corrected chi connectivity index (χ3v) is 4.03. The molecule has 0 amide bonds. The highest BCUT2D eigenvalue weighted by atomic mass is 35.5. The first-order valence-corrected chi connectivity index (χ1v) is 8.53. The summed E-state index contributed by atoms with van der Waals surface area (Å²) >= 11 is 5.78. The summed E-state index contributed by atoms with van der Waals surface area (Å²) in [6.07, 6.45) is 1.75. The summed E-state index contributed by atoms with van der Waals surface area (Å²) in [5, 5.41) is 11.0. The molecule has 0 spiro atoms. The molecule has 0 fully saturated rings. The van der Waals surface area contributed by atoms with Crippen LogP contribution in [0.2, 0.25) is 5.02 Å². The van der Waals surface area contributed by atoms with E-state index in [2.05, 4.69) is 4.99 Å². The fraction of sp³-hybridized carbons (Fsp3) is 0.105. The highest BCUT2D eigenvalue weighted by Crippen LogP contribution is 2.27. The minimum absolute atomic E-state index is 0.0293. The summed E-state index contributed by atoms with van der Waals surface area (Å²) in [5.74, 6) is -0.698. The maximum absolute atomic E-state index is 12.1. The number of ether oxygens (including phenoxy) is 2. The van der Waals surface area contributed by atoms with Gasteiger partial charge >= 0.3 is 11.9 Å². The molecule has 142 valence electrons. The van der Waals surface area contributed by atoms with E-state index in [0.29, 0.717) is 11.3 Å². The van der Waals surface area contributed by atoms with Crippen molar-refractivity contribution in [1.29, 1.82) is 0 Å². The first-order chi connectivity index (χ1) is 13.4. The van der Waals surface area contributed by atoms with Crippen molar-refractivity contribution in [3.63, 3.8) is 0 Å². The third-order valence-electron chi connectivity index (χ3n) is 3.71. The largest absolute Gasteiger partial charge is 0.427 e. The number of hydrogen-bond donors (Lipinski definition) is 0. The smallest absolute Gasteiger partial charge is 0.363 e. The van der Waals surface area contributed by atoms with Crippen LogP contribution in [0.15, 0.2) is 53.2 Å². The van der Waals surface area contributed by atoms with Gasteiger partial charge in [0.05, 0.1) is 4.92 Å². The molecule has 28 heavy (non-hydrogen) atoms. The number of carbonyl (C=O) groups is 2. The maximum Gasteiger partial charge on any atom is 0.363 e. The second kappa shape index (κ2) is 8.01. The number of nitro benzene ring substituents is 1. The third kappa shape index (κ3) is 4.24. The molecule has 1 heterocycles. The monoisotopic (exact) mass is 400 g/mol. The average Bonchev–Trinajstić information content (AvgIpc) is 3.03. The van der Waals surface area contributed by atoms with E-state index in [1.54, 1.807) is 31.2 Å². The summed E-state index contributed by atoms with van der Waals surface area (Å²) < 4.78 is 10.2. The zero-order valence-electron chi connectivity index (χ0n) is 14.5. The van der Waals surface area contributed by atoms with E-state index in [9.17, 15) is 19.7 Å². The van der Waals surface area contributed by atoms with Crippen LogP contribution in [-0.2, 0) is 14.3 Å². The molecule has 3 rings (SSSR count). The van der Waals surface area contributed by atoms with Gasteiger partial charge in [0.15, 0.2) is 5.70 Å². The summed E-state index contributed by atoms with van der Waals surface area (Å²) in [5.41, 5.74) is 0.614. The number of rotatable bonds is 5. The zero-order chi connectivity index (χ0) is 20.3. The van der Waals surface area contributed by atoms with Gasteiger partial charge in [-0.3, -0.25) is 14.9 Å². The van der Waals surface area contributed by atoms with Crippen LogP contribution in [0.4, 0.5) is 5.69 Å². The number of halogens is 1. The molecule has 0 unspecified atom stereocenters. The van der Waals surface area contributed by atoms with Gasteiger partial charge in [-0.05, 0) is 35.9 Å². The van der Waals surface area contributed by atoms with E-state index in [1.165, 1.54) is 24.3 Å². The molecule has 0 aliphatic carbocycles. The average molecular weight is 401 g/mol. The SMILES string of the molecule is CCC(=O)Oc1ccc(/C=C2\N=C(c3ccc(Cl)c([N+](=O)[O-])c3)OC2=O)cc1. The van der Waals surface area contributed by atoms with Crippen LogP contribution in [0, 0.1) is 10.1 Å². The molecule has 8 nitrogen and oxygen atoms in total. The topological polar surface area (TPSA) is 108 Å². The Kier molecular flexibility index (Phi) is 5.51. The highest BCUT2D eigenvalue weighted by molar-refractivity contribution is 6.32. The van der Waals surface area contributed by atoms with Crippen molar-refractivity contribution in [1.82, 2.24) is 0 Å². The Morgan fingerprint density at radius 3 is 2.64 bits per heavy atom. The number of carbonyl (C=O) groups excluding carboxylic acids is 2. The number of nitro groups is 1. The molecule has 0 aromatic heterocycles. The highest BCUT2D eigenvalue weighted by Gasteiger charge is 2.26. The van der Waals surface area contributed by atoms with Crippen LogP contribution >= 0.6 is 11.6 Å². The lowest BCUT2D eigenvalue weighted by atomic mass is 10.2. The zero-order valence-corrected chi connectivity index (χ0v) is 15.3. The minimum atomic E-state index is -0.686.